The highest BCUT2D eigenvalue weighted by molar-refractivity contribution is 5.63. The number of benzene rings is 1. The van der Waals surface area contributed by atoms with E-state index in [2.05, 4.69) is 58.2 Å². The van der Waals surface area contributed by atoms with Gasteiger partial charge in [-0.05, 0) is 30.9 Å². The lowest BCUT2D eigenvalue weighted by Crippen LogP contribution is -2.28. The second kappa shape index (κ2) is 6.73. The summed E-state index contributed by atoms with van der Waals surface area (Å²) < 4.78 is 0. The van der Waals surface area contributed by atoms with Crippen LogP contribution < -0.4 is 9.80 Å². The molecule has 22 heavy (non-hydrogen) atoms. The van der Waals surface area contributed by atoms with Crippen molar-refractivity contribution in [2.24, 2.45) is 0 Å². The number of hydrogen-bond acceptors (Lipinski definition) is 5. The van der Waals surface area contributed by atoms with E-state index in [-0.39, 0.29) is 0 Å². The number of aryl methyl sites for hydroxylation is 1. The first-order chi connectivity index (χ1) is 10.8. The summed E-state index contributed by atoms with van der Waals surface area (Å²) in [6, 6.07) is 8.50. The lowest BCUT2D eigenvalue weighted by molar-refractivity contribution is 0.728. The van der Waals surface area contributed by atoms with Crippen LogP contribution in [0.3, 0.4) is 0 Å². The number of fused-ring (bicyclic) bond motifs is 1. The molecular formula is C17H23N5. The van der Waals surface area contributed by atoms with E-state index in [1.165, 1.54) is 17.7 Å². The lowest BCUT2D eigenvalue weighted by atomic mass is 10.0. The summed E-state index contributed by atoms with van der Waals surface area (Å²) in [5.74, 6) is 1.59. The zero-order valence-corrected chi connectivity index (χ0v) is 13.4. The van der Waals surface area contributed by atoms with E-state index in [0.717, 1.165) is 38.2 Å². The van der Waals surface area contributed by atoms with Crippen molar-refractivity contribution in [3.8, 4) is 0 Å². The van der Waals surface area contributed by atoms with Gasteiger partial charge in [-0.1, -0.05) is 31.5 Å². The molecule has 0 saturated carbocycles. The number of para-hydroxylation sites is 1. The summed E-state index contributed by atoms with van der Waals surface area (Å²) in [5.41, 5.74) is 2.58. The maximum atomic E-state index is 4.73. The van der Waals surface area contributed by atoms with Gasteiger partial charge in [0.1, 0.15) is 0 Å². The highest BCUT2D eigenvalue weighted by Gasteiger charge is 2.20. The highest BCUT2D eigenvalue weighted by Crippen LogP contribution is 2.31. The summed E-state index contributed by atoms with van der Waals surface area (Å²) in [6.07, 6.45) is 6.32. The average Bonchev–Trinajstić information content (AvgIpc) is 2.59. The van der Waals surface area contributed by atoms with Crippen LogP contribution in [0.1, 0.15) is 31.7 Å². The van der Waals surface area contributed by atoms with E-state index in [0.29, 0.717) is 5.95 Å². The van der Waals surface area contributed by atoms with Crippen molar-refractivity contribution < 1.29 is 0 Å². The standard InChI is InChI=1S/C17H23N5/c1-3-4-11-21(2)16-13-18-20-17(19-16)22-12-7-9-14-8-5-6-10-15(14)22/h5-6,8,10,13H,3-4,7,9,11-12H2,1-2H3. The molecule has 3 rings (SSSR count). The fourth-order valence-electron chi connectivity index (χ4n) is 2.84. The van der Waals surface area contributed by atoms with Gasteiger partial charge in [0.2, 0.25) is 0 Å². The molecule has 1 aliphatic rings. The minimum Gasteiger partial charge on any atom is -0.358 e. The Morgan fingerprint density at radius 3 is 3.00 bits per heavy atom. The minimum atomic E-state index is 0.702. The van der Waals surface area contributed by atoms with Gasteiger partial charge >= 0.3 is 0 Å². The van der Waals surface area contributed by atoms with Crippen LogP contribution in [0, 0.1) is 0 Å². The molecule has 0 aliphatic carbocycles. The van der Waals surface area contributed by atoms with Gasteiger partial charge in [-0.3, -0.25) is 0 Å². The highest BCUT2D eigenvalue weighted by atomic mass is 15.3. The number of hydrogen-bond donors (Lipinski definition) is 0. The number of nitrogens with zero attached hydrogens (tertiary/aromatic N) is 5. The Labute approximate surface area is 132 Å². The average molecular weight is 297 g/mol. The monoisotopic (exact) mass is 297 g/mol. The Hall–Kier alpha value is -2.17. The third kappa shape index (κ3) is 3.03. The molecule has 0 bridgehead atoms. The molecule has 0 spiro atoms. The molecule has 0 N–H and O–H groups in total. The minimum absolute atomic E-state index is 0.702. The quantitative estimate of drug-likeness (QED) is 0.848. The van der Waals surface area contributed by atoms with Gasteiger partial charge in [0.25, 0.3) is 5.95 Å². The first-order valence-corrected chi connectivity index (χ1v) is 8.06. The van der Waals surface area contributed by atoms with Crippen molar-refractivity contribution >= 4 is 17.5 Å². The van der Waals surface area contributed by atoms with Crippen molar-refractivity contribution in [1.29, 1.82) is 0 Å². The van der Waals surface area contributed by atoms with Crippen LogP contribution in [0.4, 0.5) is 17.5 Å². The van der Waals surface area contributed by atoms with Crippen LogP contribution in [-0.2, 0) is 6.42 Å². The summed E-state index contributed by atoms with van der Waals surface area (Å²) >= 11 is 0. The molecule has 5 nitrogen and oxygen atoms in total. The molecule has 1 aliphatic heterocycles. The van der Waals surface area contributed by atoms with Crippen molar-refractivity contribution in [2.45, 2.75) is 32.6 Å². The molecule has 0 fully saturated rings. The molecule has 0 atom stereocenters. The predicted octanol–water partition coefficient (Wildman–Crippen LogP) is 3.19. The van der Waals surface area contributed by atoms with Crippen molar-refractivity contribution in [3.63, 3.8) is 0 Å². The van der Waals surface area contributed by atoms with Gasteiger partial charge in [-0.25, -0.2) is 0 Å². The Morgan fingerprint density at radius 2 is 2.14 bits per heavy atom. The second-order valence-electron chi connectivity index (χ2n) is 5.77. The van der Waals surface area contributed by atoms with Crippen molar-refractivity contribution in [2.75, 3.05) is 29.9 Å². The normalized spacial score (nSPS) is 13.8. The van der Waals surface area contributed by atoms with Gasteiger partial charge < -0.3 is 9.80 Å². The van der Waals surface area contributed by atoms with Crippen LogP contribution in [-0.4, -0.2) is 35.3 Å². The van der Waals surface area contributed by atoms with E-state index < -0.39 is 0 Å². The van der Waals surface area contributed by atoms with Crippen LogP contribution in [0.5, 0.6) is 0 Å². The molecule has 0 saturated heterocycles. The Bertz CT molecular complexity index is 628. The molecular weight excluding hydrogens is 274 g/mol. The van der Waals surface area contributed by atoms with Crippen LogP contribution >= 0.6 is 0 Å². The molecule has 0 unspecified atom stereocenters. The van der Waals surface area contributed by atoms with Gasteiger partial charge in [-0.15, -0.1) is 5.10 Å². The Balaban J connectivity index is 1.87. The molecule has 2 heterocycles. The van der Waals surface area contributed by atoms with Gasteiger partial charge in [0, 0.05) is 25.8 Å². The second-order valence-corrected chi connectivity index (χ2v) is 5.77. The van der Waals surface area contributed by atoms with Crippen LogP contribution in [0.2, 0.25) is 0 Å². The van der Waals surface area contributed by atoms with Crippen molar-refractivity contribution in [1.82, 2.24) is 15.2 Å². The fraction of sp³-hybridized carbons (Fsp3) is 0.471. The van der Waals surface area contributed by atoms with Gasteiger partial charge in [-0.2, -0.15) is 10.1 Å². The molecule has 2 aromatic rings. The van der Waals surface area contributed by atoms with Crippen LogP contribution in [0.25, 0.3) is 0 Å². The zero-order valence-electron chi connectivity index (χ0n) is 13.4. The molecule has 0 radical (unpaired) electrons. The van der Waals surface area contributed by atoms with E-state index in [4.69, 9.17) is 4.98 Å². The number of unbranched alkanes of at least 4 members (excludes halogenated alkanes) is 1. The third-order valence-corrected chi connectivity index (χ3v) is 4.12. The number of aromatic nitrogens is 3. The van der Waals surface area contributed by atoms with Gasteiger partial charge in [0.05, 0.1) is 6.20 Å². The molecule has 1 aromatic carbocycles. The summed E-state index contributed by atoms with van der Waals surface area (Å²) in [5, 5.41) is 8.43. The number of rotatable bonds is 5. The summed E-state index contributed by atoms with van der Waals surface area (Å²) in [6.45, 7) is 4.13. The Morgan fingerprint density at radius 1 is 1.27 bits per heavy atom. The Kier molecular flexibility index (Phi) is 4.51. The molecule has 116 valence electrons. The number of anilines is 3. The van der Waals surface area contributed by atoms with E-state index in [9.17, 15) is 0 Å². The predicted molar refractivity (Wildman–Crippen MR) is 89.8 cm³/mol. The van der Waals surface area contributed by atoms with E-state index >= 15 is 0 Å². The molecule has 1 aromatic heterocycles. The third-order valence-electron chi connectivity index (χ3n) is 4.12. The first kappa shape index (κ1) is 14.8. The fourth-order valence-corrected chi connectivity index (χ4v) is 2.84. The van der Waals surface area contributed by atoms with E-state index in [1.54, 1.807) is 6.20 Å². The zero-order chi connectivity index (χ0) is 15.4. The summed E-state index contributed by atoms with van der Waals surface area (Å²) in [4.78, 5) is 9.06. The maximum Gasteiger partial charge on any atom is 0.251 e. The SMILES string of the molecule is CCCCN(C)c1cnnc(N2CCCc3ccccc32)n1. The topological polar surface area (TPSA) is 45.2 Å². The van der Waals surface area contributed by atoms with E-state index in [1.807, 2.05) is 0 Å². The first-order valence-electron chi connectivity index (χ1n) is 8.06. The molecule has 0 amide bonds. The maximum absolute atomic E-state index is 4.73. The molecule has 5 heteroatoms. The smallest absolute Gasteiger partial charge is 0.251 e. The van der Waals surface area contributed by atoms with Gasteiger partial charge in [0.15, 0.2) is 5.82 Å². The summed E-state index contributed by atoms with van der Waals surface area (Å²) in [7, 11) is 2.06. The lowest BCUT2D eigenvalue weighted by Gasteiger charge is -2.29. The van der Waals surface area contributed by atoms with Crippen LogP contribution in [0.15, 0.2) is 30.5 Å². The largest absolute Gasteiger partial charge is 0.358 e. The van der Waals surface area contributed by atoms with Crippen molar-refractivity contribution in [3.05, 3.63) is 36.0 Å².